The highest BCUT2D eigenvalue weighted by Crippen LogP contribution is 2.24. The zero-order valence-corrected chi connectivity index (χ0v) is 10.8. The molecular formula is C14H16O5. The van der Waals surface area contributed by atoms with E-state index in [0.29, 0.717) is 5.56 Å². The Morgan fingerprint density at radius 3 is 2.32 bits per heavy atom. The van der Waals surface area contributed by atoms with Crippen molar-refractivity contribution in [3.05, 3.63) is 47.2 Å². The van der Waals surface area contributed by atoms with E-state index in [1.54, 1.807) is 30.3 Å². The Hall–Kier alpha value is -2.14. The van der Waals surface area contributed by atoms with E-state index in [2.05, 4.69) is 4.74 Å². The number of carbonyl (C=O) groups excluding carboxylic acids is 2. The van der Waals surface area contributed by atoms with E-state index in [1.165, 1.54) is 14.0 Å². The molecule has 0 saturated heterocycles. The average Bonchev–Trinajstić information content (AvgIpc) is 2.43. The molecule has 0 amide bonds. The fourth-order valence-corrected chi connectivity index (χ4v) is 1.57. The number of carbonyl (C=O) groups is 2. The summed E-state index contributed by atoms with van der Waals surface area (Å²) in [6, 6.07) is 8.37. The summed E-state index contributed by atoms with van der Waals surface area (Å²) in [4.78, 5) is 22.6. The number of hydrogen-bond acceptors (Lipinski definition) is 5. The van der Waals surface area contributed by atoms with Crippen molar-refractivity contribution < 1.29 is 24.5 Å². The largest absolute Gasteiger partial charge is 0.509 e. The van der Waals surface area contributed by atoms with Crippen LogP contribution in [0.5, 0.6) is 0 Å². The molecule has 0 fully saturated rings. The number of methoxy groups -OCH3 is 1. The van der Waals surface area contributed by atoms with Crippen molar-refractivity contribution in [2.45, 2.75) is 19.4 Å². The molecular weight excluding hydrogens is 248 g/mol. The second kappa shape index (κ2) is 6.70. The van der Waals surface area contributed by atoms with Crippen LogP contribution in [0.15, 0.2) is 41.7 Å². The maximum atomic E-state index is 11.4. The number of ketones is 1. The molecule has 2 N–H and O–H groups in total. The SMILES string of the molecule is COC(=O)C/C(C(C)=O)=C(/O)C(O)c1ccccc1. The summed E-state index contributed by atoms with van der Waals surface area (Å²) < 4.78 is 4.45. The van der Waals surface area contributed by atoms with E-state index < -0.39 is 23.6 Å². The number of rotatable bonds is 5. The number of benzene rings is 1. The van der Waals surface area contributed by atoms with Crippen molar-refractivity contribution in [2.75, 3.05) is 7.11 Å². The van der Waals surface area contributed by atoms with Crippen LogP contribution in [-0.2, 0) is 14.3 Å². The molecule has 5 heteroatoms. The van der Waals surface area contributed by atoms with Gasteiger partial charge in [0.2, 0.25) is 0 Å². The molecule has 0 radical (unpaired) electrons. The van der Waals surface area contributed by atoms with E-state index in [0.717, 1.165) is 0 Å². The molecule has 1 aromatic carbocycles. The van der Waals surface area contributed by atoms with Gasteiger partial charge in [0.25, 0.3) is 0 Å². The van der Waals surface area contributed by atoms with E-state index in [-0.39, 0.29) is 12.0 Å². The summed E-state index contributed by atoms with van der Waals surface area (Å²) in [5.41, 5.74) is 0.284. The zero-order valence-electron chi connectivity index (χ0n) is 10.8. The maximum Gasteiger partial charge on any atom is 0.310 e. The van der Waals surface area contributed by atoms with Crippen LogP contribution in [0.1, 0.15) is 25.0 Å². The molecule has 1 aromatic rings. The van der Waals surface area contributed by atoms with Gasteiger partial charge in [-0.15, -0.1) is 0 Å². The Bertz CT molecular complexity index is 490. The summed E-state index contributed by atoms with van der Waals surface area (Å²) in [7, 11) is 1.19. The van der Waals surface area contributed by atoms with Crippen molar-refractivity contribution in [2.24, 2.45) is 0 Å². The summed E-state index contributed by atoms with van der Waals surface area (Å²) in [6.07, 6.45) is -1.72. The van der Waals surface area contributed by atoms with E-state index >= 15 is 0 Å². The van der Waals surface area contributed by atoms with E-state index in [1.807, 2.05) is 0 Å². The molecule has 0 aromatic heterocycles. The minimum Gasteiger partial charge on any atom is -0.509 e. The zero-order chi connectivity index (χ0) is 14.4. The first-order valence-electron chi connectivity index (χ1n) is 5.70. The molecule has 1 unspecified atom stereocenters. The van der Waals surface area contributed by atoms with Crippen molar-refractivity contribution in [3.8, 4) is 0 Å². The number of esters is 1. The normalized spacial score (nSPS) is 13.4. The lowest BCUT2D eigenvalue weighted by atomic mass is 10.0. The van der Waals surface area contributed by atoms with Gasteiger partial charge in [0.15, 0.2) is 5.78 Å². The molecule has 5 nitrogen and oxygen atoms in total. The third kappa shape index (κ3) is 3.93. The number of hydrogen-bond donors (Lipinski definition) is 2. The summed E-state index contributed by atoms with van der Waals surface area (Å²) in [5, 5.41) is 19.9. The predicted octanol–water partition coefficient (Wildman–Crippen LogP) is 1.68. The summed E-state index contributed by atoms with van der Waals surface area (Å²) in [6.45, 7) is 1.21. The van der Waals surface area contributed by atoms with Gasteiger partial charge in [0, 0.05) is 5.57 Å². The number of aliphatic hydroxyl groups excluding tert-OH is 2. The minimum atomic E-state index is -1.34. The first-order chi connectivity index (χ1) is 8.97. The highest BCUT2D eigenvalue weighted by Gasteiger charge is 2.22. The topological polar surface area (TPSA) is 83.8 Å². The Morgan fingerprint density at radius 1 is 1.26 bits per heavy atom. The van der Waals surface area contributed by atoms with Crippen LogP contribution in [-0.4, -0.2) is 29.1 Å². The molecule has 102 valence electrons. The number of Topliss-reactive ketones (excluding diaryl/α,β-unsaturated/α-hetero) is 1. The summed E-state index contributed by atoms with van der Waals surface area (Å²) >= 11 is 0. The first-order valence-corrected chi connectivity index (χ1v) is 5.70. The fraction of sp³-hybridized carbons (Fsp3) is 0.286. The molecule has 0 spiro atoms. The molecule has 0 aliphatic rings. The van der Waals surface area contributed by atoms with Crippen LogP contribution < -0.4 is 0 Å². The van der Waals surface area contributed by atoms with E-state index in [4.69, 9.17) is 0 Å². The Morgan fingerprint density at radius 2 is 1.84 bits per heavy atom. The second-order valence-electron chi connectivity index (χ2n) is 3.99. The lowest BCUT2D eigenvalue weighted by molar-refractivity contribution is -0.140. The van der Waals surface area contributed by atoms with E-state index in [9.17, 15) is 19.8 Å². The Kier molecular flexibility index (Phi) is 5.26. The van der Waals surface area contributed by atoms with Crippen LogP contribution in [0.25, 0.3) is 0 Å². The summed E-state index contributed by atoms with van der Waals surface area (Å²) in [5.74, 6) is -1.67. The van der Waals surface area contributed by atoms with Gasteiger partial charge in [-0.2, -0.15) is 0 Å². The highest BCUT2D eigenvalue weighted by atomic mass is 16.5. The molecule has 0 heterocycles. The van der Waals surface area contributed by atoms with Gasteiger partial charge in [-0.05, 0) is 12.5 Å². The van der Waals surface area contributed by atoms with Gasteiger partial charge in [-0.3, -0.25) is 9.59 Å². The van der Waals surface area contributed by atoms with Crippen molar-refractivity contribution >= 4 is 11.8 Å². The standard InChI is InChI=1S/C14H16O5/c1-9(15)11(8-12(16)19-2)14(18)13(17)10-6-4-3-5-7-10/h3-7,13,17-18H,8H2,1-2H3/b14-11-. The van der Waals surface area contributed by atoms with Crippen molar-refractivity contribution in [3.63, 3.8) is 0 Å². The van der Waals surface area contributed by atoms with Crippen LogP contribution in [0.4, 0.5) is 0 Å². The lowest BCUT2D eigenvalue weighted by Crippen LogP contribution is -2.13. The van der Waals surface area contributed by atoms with Gasteiger partial charge >= 0.3 is 5.97 Å². The molecule has 1 rings (SSSR count). The quantitative estimate of drug-likeness (QED) is 0.480. The molecule has 19 heavy (non-hydrogen) atoms. The van der Waals surface area contributed by atoms with Gasteiger partial charge in [-0.1, -0.05) is 30.3 Å². The van der Waals surface area contributed by atoms with Crippen LogP contribution in [0, 0.1) is 0 Å². The number of ether oxygens (including phenoxy) is 1. The third-order valence-electron chi connectivity index (χ3n) is 2.66. The monoisotopic (exact) mass is 264 g/mol. The minimum absolute atomic E-state index is 0.150. The maximum absolute atomic E-state index is 11.4. The third-order valence-corrected chi connectivity index (χ3v) is 2.66. The molecule has 0 bridgehead atoms. The van der Waals surface area contributed by atoms with Crippen LogP contribution in [0.2, 0.25) is 0 Å². The van der Waals surface area contributed by atoms with Crippen molar-refractivity contribution in [1.82, 2.24) is 0 Å². The molecule has 0 aliphatic heterocycles. The Labute approximate surface area is 111 Å². The average molecular weight is 264 g/mol. The van der Waals surface area contributed by atoms with Gasteiger partial charge in [-0.25, -0.2) is 0 Å². The van der Waals surface area contributed by atoms with Gasteiger partial charge in [0.05, 0.1) is 13.5 Å². The predicted molar refractivity (Wildman–Crippen MR) is 68.4 cm³/mol. The van der Waals surface area contributed by atoms with Crippen molar-refractivity contribution in [1.29, 1.82) is 0 Å². The smallest absolute Gasteiger partial charge is 0.310 e. The molecule has 0 saturated carbocycles. The van der Waals surface area contributed by atoms with Crippen LogP contribution in [0.3, 0.4) is 0 Å². The second-order valence-corrected chi connectivity index (χ2v) is 3.99. The van der Waals surface area contributed by atoms with Gasteiger partial charge in [0.1, 0.15) is 11.9 Å². The lowest BCUT2D eigenvalue weighted by Gasteiger charge is -2.13. The van der Waals surface area contributed by atoms with Gasteiger partial charge < -0.3 is 14.9 Å². The number of aliphatic hydroxyl groups is 2. The molecule has 0 aliphatic carbocycles. The fourth-order valence-electron chi connectivity index (χ4n) is 1.57. The first kappa shape index (κ1) is 14.9. The highest BCUT2D eigenvalue weighted by molar-refractivity contribution is 5.98. The Balaban J connectivity index is 3.08. The molecule has 1 atom stereocenters. The van der Waals surface area contributed by atoms with Crippen LogP contribution >= 0.6 is 0 Å².